The fourth-order valence-corrected chi connectivity index (χ4v) is 1.68. The third kappa shape index (κ3) is 2.60. The first-order valence-electron chi connectivity index (χ1n) is 3.55. The Hall–Kier alpha value is -0.930. The summed E-state index contributed by atoms with van der Waals surface area (Å²) >= 11 is 1.63. The summed E-state index contributed by atoms with van der Waals surface area (Å²) in [5.41, 5.74) is 1.05. The summed E-state index contributed by atoms with van der Waals surface area (Å²) in [6.07, 6.45) is 4.04. The zero-order chi connectivity index (χ0) is 8.81. The average Bonchev–Trinajstić information content (AvgIpc) is 2.50. The third-order valence-electron chi connectivity index (χ3n) is 1.33. The lowest BCUT2D eigenvalue weighted by Gasteiger charge is -1.89. The zero-order valence-electron chi connectivity index (χ0n) is 6.82. The molecule has 0 saturated heterocycles. The van der Waals surface area contributed by atoms with Crippen LogP contribution in [0.25, 0.3) is 6.08 Å². The molecule has 0 aliphatic rings. The van der Waals surface area contributed by atoms with E-state index in [0.29, 0.717) is 6.61 Å². The van der Waals surface area contributed by atoms with Crippen LogP contribution >= 0.6 is 11.3 Å². The quantitative estimate of drug-likeness (QED) is 0.526. The van der Waals surface area contributed by atoms with Gasteiger partial charge in [0.05, 0.1) is 6.61 Å². The van der Waals surface area contributed by atoms with Crippen molar-refractivity contribution in [2.45, 2.75) is 6.61 Å². The molecule has 0 atom stereocenters. The molecule has 0 saturated carbocycles. The predicted octanol–water partition coefficient (Wildman–Crippen LogP) is 2.11. The van der Waals surface area contributed by atoms with E-state index in [-0.39, 0.29) is 0 Å². The van der Waals surface area contributed by atoms with Gasteiger partial charge < -0.3 is 4.74 Å². The molecule has 0 radical (unpaired) electrons. The minimum atomic E-state index is 0.638. The van der Waals surface area contributed by atoms with E-state index < -0.39 is 0 Å². The number of allylic oxidation sites excluding steroid dienone is 1. The molecule has 0 amide bonds. The van der Waals surface area contributed by atoms with Crippen LogP contribution < -0.4 is 0 Å². The summed E-state index contributed by atoms with van der Waals surface area (Å²) in [6.45, 7) is 0.638. The Morgan fingerprint density at radius 1 is 1.67 bits per heavy atom. The number of carbonyl (C=O) groups is 1. The van der Waals surface area contributed by atoms with Gasteiger partial charge in [0.15, 0.2) is 0 Å². The van der Waals surface area contributed by atoms with Crippen molar-refractivity contribution in [3.05, 3.63) is 28.0 Å². The maximum atomic E-state index is 10.0. The number of thiophene rings is 1. The lowest BCUT2D eigenvalue weighted by atomic mass is 10.3. The van der Waals surface area contributed by atoms with E-state index in [9.17, 15) is 4.79 Å². The van der Waals surface area contributed by atoms with Gasteiger partial charge in [-0.2, -0.15) is 0 Å². The highest BCUT2D eigenvalue weighted by atomic mass is 32.1. The first-order chi connectivity index (χ1) is 5.86. The number of aldehydes is 1. The molecule has 0 aliphatic carbocycles. The van der Waals surface area contributed by atoms with E-state index in [2.05, 4.69) is 0 Å². The smallest absolute Gasteiger partial charge is 0.142 e. The minimum absolute atomic E-state index is 0.638. The monoisotopic (exact) mass is 182 g/mol. The Labute approximate surface area is 75.5 Å². The van der Waals surface area contributed by atoms with E-state index >= 15 is 0 Å². The summed E-state index contributed by atoms with van der Waals surface area (Å²) in [5.74, 6) is 0. The number of hydrogen-bond donors (Lipinski definition) is 0. The molecule has 0 N–H and O–H groups in total. The predicted molar refractivity (Wildman–Crippen MR) is 50.1 cm³/mol. The second kappa shape index (κ2) is 4.85. The molecule has 0 spiro atoms. The van der Waals surface area contributed by atoms with Crippen molar-refractivity contribution in [2.24, 2.45) is 0 Å². The van der Waals surface area contributed by atoms with E-state index in [1.807, 2.05) is 11.4 Å². The summed E-state index contributed by atoms with van der Waals surface area (Å²) in [7, 11) is 1.67. The lowest BCUT2D eigenvalue weighted by Crippen LogP contribution is -1.80. The second-order valence-electron chi connectivity index (χ2n) is 2.27. The molecule has 1 aromatic rings. The van der Waals surface area contributed by atoms with Crippen molar-refractivity contribution < 1.29 is 9.53 Å². The fourth-order valence-electron chi connectivity index (χ4n) is 0.853. The van der Waals surface area contributed by atoms with E-state index in [4.69, 9.17) is 4.74 Å². The summed E-state index contributed by atoms with van der Waals surface area (Å²) < 4.78 is 4.96. The van der Waals surface area contributed by atoms with Crippen molar-refractivity contribution in [2.75, 3.05) is 7.11 Å². The molecule has 1 heterocycles. The molecule has 3 heteroatoms. The number of rotatable bonds is 4. The molecule has 0 unspecified atom stereocenters. The highest BCUT2D eigenvalue weighted by Gasteiger charge is 1.95. The Morgan fingerprint density at radius 3 is 3.17 bits per heavy atom. The minimum Gasteiger partial charge on any atom is -0.379 e. The molecular weight excluding hydrogens is 172 g/mol. The van der Waals surface area contributed by atoms with Gasteiger partial charge in [-0.3, -0.25) is 4.79 Å². The zero-order valence-corrected chi connectivity index (χ0v) is 7.64. The van der Waals surface area contributed by atoms with Gasteiger partial charge in [0.1, 0.15) is 6.29 Å². The van der Waals surface area contributed by atoms with Crippen LogP contribution in [0.1, 0.15) is 10.4 Å². The molecule has 12 heavy (non-hydrogen) atoms. The van der Waals surface area contributed by atoms with E-state index in [1.165, 1.54) is 11.0 Å². The summed E-state index contributed by atoms with van der Waals surface area (Å²) in [5, 5.41) is 1.99. The van der Waals surface area contributed by atoms with Crippen LogP contribution in [0, 0.1) is 0 Å². The van der Waals surface area contributed by atoms with Gasteiger partial charge in [0, 0.05) is 12.0 Å². The molecule has 2 nitrogen and oxygen atoms in total. The molecular formula is C9H10O2S. The van der Waals surface area contributed by atoms with Crippen LogP contribution in [0.3, 0.4) is 0 Å². The fraction of sp³-hybridized carbons (Fsp3) is 0.222. The van der Waals surface area contributed by atoms with Gasteiger partial charge in [-0.15, -0.1) is 11.3 Å². The summed E-state index contributed by atoms with van der Waals surface area (Å²) in [4.78, 5) is 11.2. The average molecular weight is 182 g/mol. The first-order valence-corrected chi connectivity index (χ1v) is 4.43. The number of ether oxygens (including phenoxy) is 1. The molecule has 0 aromatic carbocycles. The highest BCUT2D eigenvalue weighted by molar-refractivity contribution is 7.10. The highest BCUT2D eigenvalue weighted by Crippen LogP contribution is 2.16. The van der Waals surface area contributed by atoms with Crippen molar-refractivity contribution in [1.29, 1.82) is 0 Å². The van der Waals surface area contributed by atoms with E-state index in [1.54, 1.807) is 24.5 Å². The second-order valence-corrected chi connectivity index (χ2v) is 3.27. The third-order valence-corrected chi connectivity index (χ3v) is 2.26. The Morgan fingerprint density at radius 2 is 2.50 bits per heavy atom. The molecule has 0 fully saturated rings. The van der Waals surface area contributed by atoms with Crippen molar-refractivity contribution in [3.8, 4) is 0 Å². The molecule has 1 aromatic heterocycles. The molecule has 1 rings (SSSR count). The van der Waals surface area contributed by atoms with Crippen molar-refractivity contribution in [3.63, 3.8) is 0 Å². The topological polar surface area (TPSA) is 26.3 Å². The Bertz CT molecular complexity index is 276. The Balaban J connectivity index is 2.63. The Kier molecular flexibility index (Phi) is 3.70. The van der Waals surface area contributed by atoms with E-state index in [0.717, 1.165) is 11.8 Å². The maximum Gasteiger partial charge on any atom is 0.142 e. The van der Waals surface area contributed by atoms with Crippen LogP contribution in [-0.4, -0.2) is 13.4 Å². The standard InChI is InChI=1S/C9H10O2S/c1-11-6-9-5-8(7-12-9)3-2-4-10/h2-5,7H,6H2,1H3. The van der Waals surface area contributed by atoms with Crippen LogP contribution in [0.15, 0.2) is 17.5 Å². The van der Waals surface area contributed by atoms with Crippen molar-refractivity contribution >= 4 is 23.7 Å². The van der Waals surface area contributed by atoms with Crippen LogP contribution in [0.5, 0.6) is 0 Å². The van der Waals surface area contributed by atoms with Gasteiger partial charge >= 0.3 is 0 Å². The maximum absolute atomic E-state index is 10.0. The first kappa shape index (κ1) is 9.16. The van der Waals surface area contributed by atoms with Crippen LogP contribution in [-0.2, 0) is 16.1 Å². The van der Waals surface area contributed by atoms with Gasteiger partial charge in [-0.05, 0) is 23.1 Å². The lowest BCUT2D eigenvalue weighted by molar-refractivity contribution is -0.104. The molecule has 64 valence electrons. The largest absolute Gasteiger partial charge is 0.379 e. The normalized spacial score (nSPS) is 10.8. The van der Waals surface area contributed by atoms with Gasteiger partial charge in [0.25, 0.3) is 0 Å². The number of carbonyl (C=O) groups excluding carboxylic acids is 1. The van der Waals surface area contributed by atoms with Gasteiger partial charge in [-0.25, -0.2) is 0 Å². The van der Waals surface area contributed by atoms with Crippen molar-refractivity contribution in [1.82, 2.24) is 0 Å². The van der Waals surface area contributed by atoms with Crippen LogP contribution in [0.4, 0.5) is 0 Å². The van der Waals surface area contributed by atoms with Crippen LogP contribution in [0.2, 0.25) is 0 Å². The summed E-state index contributed by atoms with van der Waals surface area (Å²) in [6, 6.07) is 2.01. The SMILES string of the molecule is COCc1cc(C=CC=O)cs1. The number of methoxy groups -OCH3 is 1. The number of hydrogen-bond acceptors (Lipinski definition) is 3. The van der Waals surface area contributed by atoms with Gasteiger partial charge in [0.2, 0.25) is 0 Å². The molecule has 0 bridgehead atoms. The van der Waals surface area contributed by atoms with Gasteiger partial charge in [-0.1, -0.05) is 6.08 Å². The molecule has 0 aliphatic heterocycles.